The van der Waals surface area contributed by atoms with E-state index in [1.54, 1.807) is 23.7 Å². The molecule has 6 nitrogen and oxygen atoms in total. The molecule has 0 saturated carbocycles. The van der Waals surface area contributed by atoms with Crippen LogP contribution >= 0.6 is 23.3 Å². The smallest absolute Gasteiger partial charge is 0.127 e. The van der Waals surface area contributed by atoms with E-state index < -0.39 is 0 Å². The Labute approximate surface area is 146 Å². The van der Waals surface area contributed by atoms with E-state index in [0.29, 0.717) is 5.56 Å². The standard InChI is InChI=1S/C16H12N6S2/c1-9-2-3-12(15-14(9)10(4-17)5-18-15)22-24-13-8-19-16(23-13)11-6-20-21-7-11/h2-3,5-8,18,22H,1H3,(H,20,21). The number of nitrogens with zero attached hydrogens (tertiary/aromatic N) is 3. The van der Waals surface area contributed by atoms with Gasteiger partial charge in [0.15, 0.2) is 0 Å². The Balaban J connectivity index is 1.59. The summed E-state index contributed by atoms with van der Waals surface area (Å²) in [7, 11) is 0. The van der Waals surface area contributed by atoms with Crippen molar-refractivity contribution in [2.24, 2.45) is 0 Å². The summed E-state index contributed by atoms with van der Waals surface area (Å²) < 4.78 is 4.40. The minimum atomic E-state index is 0.663. The largest absolute Gasteiger partial charge is 0.358 e. The Kier molecular flexibility index (Phi) is 3.72. The molecular weight excluding hydrogens is 340 g/mol. The minimum Gasteiger partial charge on any atom is -0.358 e. The number of hydrogen-bond acceptors (Lipinski definition) is 6. The highest BCUT2D eigenvalue weighted by Crippen LogP contribution is 2.34. The molecule has 3 aromatic heterocycles. The van der Waals surface area contributed by atoms with Gasteiger partial charge in [0.25, 0.3) is 0 Å². The van der Waals surface area contributed by atoms with Crippen LogP contribution in [0.4, 0.5) is 5.69 Å². The van der Waals surface area contributed by atoms with Gasteiger partial charge < -0.3 is 9.71 Å². The first-order valence-corrected chi connectivity index (χ1v) is 8.78. The lowest BCUT2D eigenvalue weighted by atomic mass is 10.1. The third-order valence-electron chi connectivity index (χ3n) is 3.66. The fourth-order valence-corrected chi connectivity index (χ4v) is 4.15. The number of fused-ring (bicyclic) bond motifs is 1. The van der Waals surface area contributed by atoms with E-state index in [0.717, 1.165) is 36.9 Å². The van der Waals surface area contributed by atoms with Gasteiger partial charge in [0, 0.05) is 23.3 Å². The van der Waals surface area contributed by atoms with Gasteiger partial charge in [-0.25, -0.2) is 4.98 Å². The zero-order chi connectivity index (χ0) is 16.5. The molecule has 8 heteroatoms. The van der Waals surface area contributed by atoms with Crippen molar-refractivity contribution < 1.29 is 0 Å². The number of aromatic nitrogens is 4. The maximum absolute atomic E-state index is 9.23. The van der Waals surface area contributed by atoms with Gasteiger partial charge in [-0.15, -0.1) is 11.3 Å². The van der Waals surface area contributed by atoms with Crippen LogP contribution in [0.1, 0.15) is 11.1 Å². The van der Waals surface area contributed by atoms with Crippen LogP contribution in [0.15, 0.2) is 41.1 Å². The SMILES string of the molecule is Cc1ccc(NSc2cnc(-c3cn[nH]c3)s2)c2[nH]cc(C#N)c12. The van der Waals surface area contributed by atoms with Gasteiger partial charge in [-0.2, -0.15) is 10.4 Å². The molecule has 1 aromatic carbocycles. The van der Waals surface area contributed by atoms with Crippen LogP contribution in [0.3, 0.4) is 0 Å². The number of aromatic amines is 2. The third kappa shape index (κ3) is 2.54. The van der Waals surface area contributed by atoms with Crippen molar-refractivity contribution in [1.82, 2.24) is 20.2 Å². The first kappa shape index (κ1) is 14.8. The van der Waals surface area contributed by atoms with Crippen LogP contribution in [0.5, 0.6) is 0 Å². The summed E-state index contributed by atoms with van der Waals surface area (Å²) in [6, 6.07) is 6.26. The van der Waals surface area contributed by atoms with Crippen molar-refractivity contribution in [3.63, 3.8) is 0 Å². The summed E-state index contributed by atoms with van der Waals surface area (Å²) >= 11 is 3.10. The Hall–Kier alpha value is -2.76. The molecule has 0 bridgehead atoms. The van der Waals surface area contributed by atoms with Gasteiger partial charge in [-0.3, -0.25) is 5.10 Å². The lowest BCUT2D eigenvalue weighted by Crippen LogP contribution is -1.88. The van der Waals surface area contributed by atoms with E-state index in [2.05, 4.69) is 31.0 Å². The van der Waals surface area contributed by atoms with Crippen LogP contribution in [-0.4, -0.2) is 20.2 Å². The lowest BCUT2D eigenvalue weighted by molar-refractivity contribution is 1.09. The van der Waals surface area contributed by atoms with Gasteiger partial charge in [0.05, 0.1) is 29.2 Å². The van der Waals surface area contributed by atoms with Crippen molar-refractivity contribution in [2.75, 3.05) is 4.72 Å². The van der Waals surface area contributed by atoms with Crippen molar-refractivity contribution in [1.29, 1.82) is 5.26 Å². The highest BCUT2D eigenvalue weighted by Gasteiger charge is 2.11. The summed E-state index contributed by atoms with van der Waals surface area (Å²) in [4.78, 5) is 7.60. The van der Waals surface area contributed by atoms with E-state index in [4.69, 9.17) is 0 Å². The molecule has 0 aliphatic carbocycles. The molecule has 0 aliphatic heterocycles. The van der Waals surface area contributed by atoms with Crippen molar-refractivity contribution in [3.05, 3.63) is 48.0 Å². The Bertz CT molecular complexity index is 1040. The molecule has 0 aliphatic rings. The molecule has 0 radical (unpaired) electrons. The highest BCUT2D eigenvalue weighted by atomic mass is 32.2. The third-order valence-corrected chi connectivity index (χ3v) is 5.63. The molecule has 0 fully saturated rings. The van der Waals surface area contributed by atoms with Gasteiger partial charge in [-0.1, -0.05) is 6.07 Å². The molecule has 0 spiro atoms. The van der Waals surface area contributed by atoms with E-state index in [1.807, 2.05) is 31.5 Å². The van der Waals surface area contributed by atoms with Crippen LogP contribution in [0.2, 0.25) is 0 Å². The second kappa shape index (κ2) is 6.03. The number of thiazole rings is 1. The average molecular weight is 352 g/mol. The minimum absolute atomic E-state index is 0.663. The van der Waals surface area contributed by atoms with E-state index >= 15 is 0 Å². The molecule has 0 unspecified atom stereocenters. The van der Waals surface area contributed by atoms with Gasteiger partial charge in [0.2, 0.25) is 0 Å². The van der Waals surface area contributed by atoms with Crippen molar-refractivity contribution in [3.8, 4) is 16.6 Å². The average Bonchev–Trinajstić information content (AvgIpc) is 3.33. The van der Waals surface area contributed by atoms with Crippen LogP contribution in [0.25, 0.3) is 21.5 Å². The second-order valence-electron chi connectivity index (χ2n) is 5.17. The molecule has 0 amide bonds. The number of nitriles is 1. The molecule has 24 heavy (non-hydrogen) atoms. The summed E-state index contributed by atoms with van der Waals surface area (Å²) in [5.41, 5.74) is 4.61. The fourth-order valence-electron chi connectivity index (χ4n) is 2.51. The molecule has 0 atom stereocenters. The predicted octanol–water partition coefficient (Wildman–Crippen LogP) is 4.31. The maximum Gasteiger partial charge on any atom is 0.127 e. The Morgan fingerprint density at radius 3 is 3.00 bits per heavy atom. The molecule has 3 N–H and O–H groups in total. The summed E-state index contributed by atoms with van der Waals surface area (Å²) in [6.07, 6.45) is 7.17. The quantitative estimate of drug-likeness (QED) is 0.476. The molecular formula is C16H12N6S2. The number of benzene rings is 1. The van der Waals surface area contributed by atoms with E-state index in [1.165, 1.54) is 11.9 Å². The first-order valence-electron chi connectivity index (χ1n) is 7.15. The summed E-state index contributed by atoms with van der Waals surface area (Å²) in [6.45, 7) is 2.01. The van der Waals surface area contributed by atoms with Crippen LogP contribution in [-0.2, 0) is 0 Å². The monoisotopic (exact) mass is 352 g/mol. The molecule has 4 aromatic rings. The first-order chi connectivity index (χ1) is 11.8. The van der Waals surface area contributed by atoms with Gasteiger partial charge in [-0.05, 0) is 30.5 Å². The zero-order valence-electron chi connectivity index (χ0n) is 12.6. The Morgan fingerprint density at radius 2 is 2.21 bits per heavy atom. The summed E-state index contributed by atoms with van der Waals surface area (Å²) in [5, 5.41) is 17.9. The van der Waals surface area contributed by atoms with Crippen molar-refractivity contribution >= 4 is 39.9 Å². The predicted molar refractivity (Wildman–Crippen MR) is 96.9 cm³/mol. The number of nitrogens with one attached hydrogen (secondary N) is 3. The number of rotatable bonds is 4. The van der Waals surface area contributed by atoms with Gasteiger partial charge in [0.1, 0.15) is 15.3 Å². The zero-order valence-corrected chi connectivity index (χ0v) is 14.3. The number of anilines is 1. The topological polar surface area (TPSA) is 93.2 Å². The highest BCUT2D eigenvalue weighted by molar-refractivity contribution is 8.02. The maximum atomic E-state index is 9.23. The van der Waals surface area contributed by atoms with Crippen LogP contribution < -0.4 is 4.72 Å². The second-order valence-corrected chi connectivity index (χ2v) is 7.31. The molecule has 118 valence electrons. The number of H-pyrrole nitrogens is 2. The van der Waals surface area contributed by atoms with Crippen LogP contribution in [0, 0.1) is 18.3 Å². The normalized spacial score (nSPS) is 10.8. The molecule has 3 heterocycles. The lowest BCUT2D eigenvalue weighted by Gasteiger charge is -2.07. The number of hydrogen-bond donors (Lipinski definition) is 3. The van der Waals surface area contributed by atoms with E-state index in [9.17, 15) is 5.26 Å². The summed E-state index contributed by atoms with van der Waals surface area (Å²) in [5.74, 6) is 0. The molecule has 0 saturated heterocycles. The molecule has 4 rings (SSSR count). The number of aryl methyl sites for hydroxylation is 1. The van der Waals surface area contributed by atoms with E-state index in [-0.39, 0.29) is 0 Å². The fraction of sp³-hybridized carbons (Fsp3) is 0.0625. The Morgan fingerprint density at radius 1 is 1.29 bits per heavy atom. The van der Waals surface area contributed by atoms with Gasteiger partial charge >= 0.3 is 0 Å². The van der Waals surface area contributed by atoms with Crippen molar-refractivity contribution in [2.45, 2.75) is 11.1 Å².